The number of aromatic nitrogens is 2. The van der Waals surface area contributed by atoms with Crippen molar-refractivity contribution < 1.29 is 5.11 Å². The molecule has 2 atom stereocenters. The minimum Gasteiger partial charge on any atom is -0.396 e. The summed E-state index contributed by atoms with van der Waals surface area (Å²) in [5.74, 6) is 1.30. The predicted octanol–water partition coefficient (Wildman–Crippen LogP) is 2.76. The minimum absolute atomic E-state index is 0.0254. The standard InChI is InChI=1S/C17H25N3O2S/c1-10-12(3)23-17-14(10)16(22)18-15(19-17)11(2)20-7-4-5-13(9-20)6-8-21/h11,13,21H,4-9H2,1-3H3,(H,18,19,22)/t11-,13-/m1/s1. The summed E-state index contributed by atoms with van der Waals surface area (Å²) in [7, 11) is 0. The highest BCUT2D eigenvalue weighted by molar-refractivity contribution is 7.18. The lowest BCUT2D eigenvalue weighted by molar-refractivity contribution is 0.111. The zero-order valence-corrected chi connectivity index (χ0v) is 14.9. The molecule has 23 heavy (non-hydrogen) atoms. The van der Waals surface area contributed by atoms with Crippen LogP contribution in [0.1, 0.15) is 48.5 Å². The van der Waals surface area contributed by atoms with Gasteiger partial charge in [-0.2, -0.15) is 0 Å². The number of likely N-dealkylation sites (tertiary alicyclic amines) is 1. The first-order valence-electron chi connectivity index (χ1n) is 8.36. The average Bonchev–Trinajstić information content (AvgIpc) is 2.82. The van der Waals surface area contributed by atoms with Crippen molar-refractivity contribution in [2.24, 2.45) is 5.92 Å². The van der Waals surface area contributed by atoms with Crippen LogP contribution in [0.5, 0.6) is 0 Å². The van der Waals surface area contributed by atoms with Gasteiger partial charge in [0, 0.05) is 18.0 Å². The maximum absolute atomic E-state index is 12.4. The van der Waals surface area contributed by atoms with Gasteiger partial charge in [0.15, 0.2) is 0 Å². The number of thiophene rings is 1. The van der Waals surface area contributed by atoms with Crippen molar-refractivity contribution in [2.45, 2.75) is 46.1 Å². The summed E-state index contributed by atoms with van der Waals surface area (Å²) in [5.41, 5.74) is 1.02. The molecular formula is C17H25N3O2S. The van der Waals surface area contributed by atoms with Crippen molar-refractivity contribution in [2.75, 3.05) is 19.7 Å². The van der Waals surface area contributed by atoms with Crippen LogP contribution in [-0.4, -0.2) is 39.7 Å². The van der Waals surface area contributed by atoms with E-state index in [2.05, 4.69) is 16.8 Å². The zero-order chi connectivity index (χ0) is 16.6. The van der Waals surface area contributed by atoms with Crippen LogP contribution in [0.3, 0.4) is 0 Å². The number of hydrogen-bond donors (Lipinski definition) is 2. The number of piperidine rings is 1. The number of fused-ring (bicyclic) bond motifs is 1. The molecule has 0 amide bonds. The highest BCUT2D eigenvalue weighted by Crippen LogP contribution is 2.29. The average molecular weight is 335 g/mol. The Kier molecular flexibility index (Phi) is 4.85. The second kappa shape index (κ2) is 6.71. The molecule has 5 nitrogen and oxygen atoms in total. The molecule has 126 valence electrons. The Labute approximate surface area is 140 Å². The highest BCUT2D eigenvalue weighted by Gasteiger charge is 2.26. The maximum atomic E-state index is 12.4. The Bertz CT molecular complexity index is 750. The third kappa shape index (κ3) is 3.20. The zero-order valence-electron chi connectivity index (χ0n) is 14.1. The van der Waals surface area contributed by atoms with Gasteiger partial charge in [0.25, 0.3) is 5.56 Å². The SMILES string of the molecule is Cc1sc2nc([C@@H](C)N3CCC[C@H](CCO)C3)[nH]c(=O)c2c1C. The van der Waals surface area contributed by atoms with Crippen LogP contribution in [0, 0.1) is 19.8 Å². The molecule has 1 saturated heterocycles. The lowest BCUT2D eigenvalue weighted by Crippen LogP contribution is -2.38. The van der Waals surface area contributed by atoms with Crippen molar-refractivity contribution in [3.05, 3.63) is 26.6 Å². The Morgan fingerprint density at radius 2 is 2.26 bits per heavy atom. The summed E-state index contributed by atoms with van der Waals surface area (Å²) in [6.45, 7) is 8.37. The number of aliphatic hydroxyl groups is 1. The fourth-order valence-corrected chi connectivity index (χ4v) is 4.55. The lowest BCUT2D eigenvalue weighted by Gasteiger charge is -2.36. The molecule has 6 heteroatoms. The predicted molar refractivity (Wildman–Crippen MR) is 94.1 cm³/mol. The number of aliphatic hydroxyl groups excluding tert-OH is 1. The van der Waals surface area contributed by atoms with Gasteiger partial charge in [0.1, 0.15) is 10.7 Å². The first-order chi connectivity index (χ1) is 11.0. The molecule has 0 unspecified atom stereocenters. The van der Waals surface area contributed by atoms with Crippen LogP contribution in [-0.2, 0) is 0 Å². The molecule has 2 N–H and O–H groups in total. The Morgan fingerprint density at radius 3 is 3.00 bits per heavy atom. The maximum Gasteiger partial charge on any atom is 0.259 e. The lowest BCUT2D eigenvalue weighted by atomic mass is 9.94. The summed E-state index contributed by atoms with van der Waals surface area (Å²) in [5, 5.41) is 9.90. The first-order valence-corrected chi connectivity index (χ1v) is 9.17. The number of aryl methyl sites for hydroxylation is 2. The number of hydrogen-bond acceptors (Lipinski definition) is 5. The van der Waals surface area contributed by atoms with Crippen LogP contribution < -0.4 is 5.56 Å². The van der Waals surface area contributed by atoms with E-state index >= 15 is 0 Å². The van der Waals surface area contributed by atoms with E-state index < -0.39 is 0 Å². The number of aromatic amines is 1. The monoisotopic (exact) mass is 335 g/mol. The summed E-state index contributed by atoms with van der Waals surface area (Å²) >= 11 is 1.60. The molecule has 2 aromatic rings. The van der Waals surface area contributed by atoms with Crippen LogP contribution in [0.15, 0.2) is 4.79 Å². The third-order valence-electron chi connectivity index (χ3n) is 5.09. The molecule has 1 aliphatic heterocycles. The van der Waals surface area contributed by atoms with Gasteiger partial charge in [-0.1, -0.05) is 0 Å². The van der Waals surface area contributed by atoms with Gasteiger partial charge in [-0.3, -0.25) is 9.69 Å². The molecule has 0 aromatic carbocycles. The molecule has 3 rings (SSSR count). The fourth-order valence-electron chi connectivity index (χ4n) is 3.51. The number of nitrogens with one attached hydrogen (secondary N) is 1. The van der Waals surface area contributed by atoms with E-state index in [1.54, 1.807) is 11.3 Å². The van der Waals surface area contributed by atoms with E-state index in [-0.39, 0.29) is 18.2 Å². The van der Waals surface area contributed by atoms with E-state index in [0.717, 1.165) is 52.4 Å². The smallest absolute Gasteiger partial charge is 0.259 e. The van der Waals surface area contributed by atoms with Gasteiger partial charge >= 0.3 is 0 Å². The van der Waals surface area contributed by atoms with Gasteiger partial charge in [0.2, 0.25) is 0 Å². The largest absolute Gasteiger partial charge is 0.396 e. The second-order valence-electron chi connectivity index (χ2n) is 6.61. The van der Waals surface area contributed by atoms with Gasteiger partial charge in [-0.25, -0.2) is 4.98 Å². The first kappa shape index (κ1) is 16.6. The number of nitrogens with zero attached hydrogens (tertiary/aromatic N) is 2. The molecule has 2 aromatic heterocycles. The summed E-state index contributed by atoms with van der Waals surface area (Å²) in [4.78, 5) is 24.6. The van der Waals surface area contributed by atoms with Crippen molar-refractivity contribution in [1.82, 2.24) is 14.9 Å². The second-order valence-corrected chi connectivity index (χ2v) is 7.81. The van der Waals surface area contributed by atoms with E-state index in [4.69, 9.17) is 10.1 Å². The van der Waals surface area contributed by atoms with Crippen LogP contribution in [0.4, 0.5) is 0 Å². The van der Waals surface area contributed by atoms with Crippen molar-refractivity contribution >= 4 is 21.6 Å². The molecular weight excluding hydrogens is 310 g/mol. The molecule has 0 aliphatic carbocycles. The molecule has 0 bridgehead atoms. The van der Waals surface area contributed by atoms with Gasteiger partial charge in [0.05, 0.1) is 11.4 Å². The number of H-pyrrole nitrogens is 1. The fraction of sp³-hybridized carbons (Fsp3) is 0.647. The van der Waals surface area contributed by atoms with Gasteiger partial charge in [-0.05, 0) is 58.1 Å². The quantitative estimate of drug-likeness (QED) is 0.901. The number of rotatable bonds is 4. The van der Waals surface area contributed by atoms with Crippen LogP contribution >= 0.6 is 11.3 Å². The third-order valence-corrected chi connectivity index (χ3v) is 6.19. The minimum atomic E-state index is -0.0254. The Morgan fingerprint density at radius 1 is 1.48 bits per heavy atom. The molecule has 0 spiro atoms. The van der Waals surface area contributed by atoms with E-state index in [1.165, 1.54) is 6.42 Å². The Hall–Kier alpha value is -1.24. The highest BCUT2D eigenvalue weighted by atomic mass is 32.1. The Balaban J connectivity index is 1.89. The van der Waals surface area contributed by atoms with E-state index in [9.17, 15) is 4.79 Å². The van der Waals surface area contributed by atoms with Gasteiger partial charge < -0.3 is 10.1 Å². The molecule has 3 heterocycles. The molecule has 1 fully saturated rings. The van der Waals surface area contributed by atoms with Crippen LogP contribution in [0.25, 0.3) is 10.2 Å². The molecule has 0 radical (unpaired) electrons. The topological polar surface area (TPSA) is 69.2 Å². The summed E-state index contributed by atoms with van der Waals surface area (Å²) < 4.78 is 0. The van der Waals surface area contributed by atoms with Crippen molar-refractivity contribution in [1.29, 1.82) is 0 Å². The van der Waals surface area contributed by atoms with E-state index in [1.807, 2.05) is 13.8 Å². The van der Waals surface area contributed by atoms with E-state index in [0.29, 0.717) is 5.92 Å². The van der Waals surface area contributed by atoms with Crippen molar-refractivity contribution in [3.63, 3.8) is 0 Å². The van der Waals surface area contributed by atoms with Crippen molar-refractivity contribution in [3.8, 4) is 0 Å². The summed E-state index contributed by atoms with van der Waals surface area (Å²) in [6.07, 6.45) is 3.17. The van der Waals surface area contributed by atoms with Gasteiger partial charge in [-0.15, -0.1) is 11.3 Å². The van der Waals surface area contributed by atoms with Crippen LogP contribution in [0.2, 0.25) is 0 Å². The normalized spacial score (nSPS) is 21.0. The molecule has 1 aliphatic rings. The molecule has 0 saturated carbocycles. The summed E-state index contributed by atoms with van der Waals surface area (Å²) in [6, 6.07) is 0.0938.